The van der Waals surface area contributed by atoms with E-state index in [1.54, 1.807) is 115 Å². The molecule has 1 aromatic carbocycles. The summed E-state index contributed by atoms with van der Waals surface area (Å²) < 4.78 is 44.6. The standard InChI is InChI=1S/C80H100N28O18/c1-101-26-23-84-68(101)78(119)93-53-39-58(103(3)44-53)74(115)86-21-18-66(112)96-61-47-107(7)71(98-61)79(120)94-54-40-57(102(2)45-54)73(114)85-19-8-11-64(110)95-60-46-105(5)69(97-60)76(117)88-22-17-65(111)92-52-38-59(104(4)43-52)75(116)100-62-48-106(6)70(99-62)77(118)87-20-16-63(109)83-24-28-121-30-32-123-34-36-125-37-35-124-33-31-122-29-25-89-72(113)51-14-12-50(13-15-51)56-42-91-80(108(49-81)67(56)82)90-41-55-10-9-27-126-55/h9-10,12-15,23,26-27,38-40,42-49,81-82H,8,11,16-22,24-25,28-37,41H2,1-7H3,(H,83,109)(H,85,114)(H,86,115)(H,87,118)(H,88,117)(H,89,113)(H,90,91)(H,92,111)(H,93,119)(H,94,120)(H,95,110)(H,96,112)(H,100,116). The van der Waals surface area contributed by atoms with Gasteiger partial charge in [0.25, 0.3) is 47.3 Å². The van der Waals surface area contributed by atoms with E-state index >= 15 is 0 Å². The minimum atomic E-state index is -0.642. The average molecular weight is 1740 g/mol. The molecule has 10 aromatic rings. The molecule has 0 fully saturated rings. The van der Waals surface area contributed by atoms with Crippen molar-refractivity contribution in [1.82, 2.24) is 93.4 Å². The van der Waals surface area contributed by atoms with Gasteiger partial charge in [0.05, 0.1) is 102 Å². The van der Waals surface area contributed by atoms with Crippen molar-refractivity contribution in [2.24, 2.45) is 49.3 Å². The lowest BCUT2D eigenvalue weighted by molar-refractivity contribution is -0.121. The Kier molecular flexibility index (Phi) is 34.3. The molecule has 46 heteroatoms. The zero-order chi connectivity index (χ0) is 90.2. The first-order valence-corrected chi connectivity index (χ1v) is 39.7. The molecule has 0 atom stereocenters. The Balaban J connectivity index is 0.509. The van der Waals surface area contributed by atoms with Crippen LogP contribution in [0.15, 0.2) is 121 Å². The van der Waals surface area contributed by atoms with Gasteiger partial charge in [-0.15, -0.1) is 0 Å². The Morgan fingerprint density at radius 3 is 1.35 bits per heavy atom. The summed E-state index contributed by atoms with van der Waals surface area (Å²) in [5, 5.41) is 51.7. The van der Waals surface area contributed by atoms with Crippen LogP contribution in [0.1, 0.15) is 122 Å². The third-order valence-corrected chi connectivity index (χ3v) is 18.5. The maximum atomic E-state index is 13.4. The van der Waals surface area contributed by atoms with Gasteiger partial charge in [-0.2, -0.15) is 0 Å². The minimum Gasteiger partial charge on any atom is -0.467 e. The number of amides is 12. The van der Waals surface area contributed by atoms with Crippen LogP contribution in [0.4, 0.5) is 40.5 Å². The molecule has 0 aliphatic rings. The fourth-order valence-corrected chi connectivity index (χ4v) is 12.2. The molecule has 0 saturated carbocycles. The van der Waals surface area contributed by atoms with Gasteiger partial charge >= 0.3 is 0 Å². The van der Waals surface area contributed by atoms with Crippen LogP contribution in [-0.4, -0.2) is 244 Å². The Labute approximate surface area is 720 Å². The lowest BCUT2D eigenvalue weighted by atomic mass is 10.1. The van der Waals surface area contributed by atoms with Crippen molar-refractivity contribution in [1.29, 1.82) is 10.8 Å². The van der Waals surface area contributed by atoms with Crippen LogP contribution in [0.5, 0.6) is 0 Å². The van der Waals surface area contributed by atoms with Crippen molar-refractivity contribution in [3.8, 4) is 11.1 Å². The van der Waals surface area contributed by atoms with Crippen molar-refractivity contribution in [2.75, 3.05) is 143 Å². The van der Waals surface area contributed by atoms with Crippen LogP contribution in [0.25, 0.3) is 11.1 Å². The lowest BCUT2D eigenvalue weighted by Gasteiger charge is -2.12. The molecule has 668 valence electrons. The lowest BCUT2D eigenvalue weighted by Crippen LogP contribution is -2.33. The van der Waals surface area contributed by atoms with Crippen molar-refractivity contribution in [2.45, 2.75) is 38.6 Å². The zero-order valence-electron chi connectivity index (χ0n) is 70.3. The molecule has 0 spiro atoms. The molecule has 0 bridgehead atoms. The van der Waals surface area contributed by atoms with E-state index in [2.05, 4.69) is 94.0 Å². The molecule has 0 saturated heterocycles. The number of aromatic nitrogens is 13. The first-order valence-electron chi connectivity index (χ1n) is 39.7. The van der Waals surface area contributed by atoms with Crippen LogP contribution in [0.3, 0.4) is 0 Å². The molecule has 9 aromatic heterocycles. The smallest absolute Gasteiger partial charge is 0.291 e. The minimum absolute atomic E-state index is 0.00352. The van der Waals surface area contributed by atoms with Crippen molar-refractivity contribution < 1.29 is 85.6 Å². The Hall–Kier alpha value is -15.0. The molecule has 15 N–H and O–H groups in total. The number of hydrogen-bond donors (Lipinski definition) is 15. The molecular weight excluding hydrogens is 1640 g/mol. The largest absolute Gasteiger partial charge is 0.467 e. The predicted octanol–water partition coefficient (Wildman–Crippen LogP) is 1.81. The molecule has 10 rings (SSSR count). The summed E-state index contributed by atoms with van der Waals surface area (Å²) in [6.45, 7) is 3.98. The third kappa shape index (κ3) is 27.5. The Morgan fingerprint density at radius 1 is 0.413 bits per heavy atom. The maximum absolute atomic E-state index is 13.4. The molecular formula is C80H100N28O18. The highest BCUT2D eigenvalue weighted by molar-refractivity contribution is 6.06. The van der Waals surface area contributed by atoms with Gasteiger partial charge in [0, 0.05) is 181 Å². The highest BCUT2D eigenvalue weighted by Gasteiger charge is 2.25. The molecule has 9 heterocycles. The topological polar surface area (TPSA) is 572 Å². The van der Waals surface area contributed by atoms with Crippen LogP contribution >= 0.6 is 0 Å². The highest BCUT2D eigenvalue weighted by Crippen LogP contribution is 2.22. The number of ether oxygens (including phenoxy) is 5. The van der Waals surface area contributed by atoms with E-state index in [-0.39, 0.29) is 171 Å². The molecule has 12 amide bonds. The fourth-order valence-electron chi connectivity index (χ4n) is 12.2. The number of aryl methyl sites for hydroxylation is 7. The van der Waals surface area contributed by atoms with Crippen molar-refractivity contribution >= 4 is 118 Å². The predicted molar refractivity (Wildman–Crippen MR) is 454 cm³/mol. The van der Waals surface area contributed by atoms with E-state index in [1.807, 2.05) is 0 Å². The van der Waals surface area contributed by atoms with Gasteiger partial charge in [-0.05, 0) is 54.4 Å². The molecule has 0 aliphatic heterocycles. The normalized spacial score (nSPS) is 11.0. The number of anilines is 7. The van der Waals surface area contributed by atoms with E-state index in [1.165, 1.54) is 87.3 Å². The van der Waals surface area contributed by atoms with E-state index < -0.39 is 59.1 Å². The number of imidazole rings is 4. The number of nitrogens with one attached hydrogen (secondary N) is 15. The van der Waals surface area contributed by atoms with Crippen LogP contribution < -0.4 is 74.6 Å². The summed E-state index contributed by atoms with van der Waals surface area (Å²) >= 11 is 0. The maximum Gasteiger partial charge on any atom is 0.291 e. The van der Waals surface area contributed by atoms with E-state index in [9.17, 15) is 57.5 Å². The van der Waals surface area contributed by atoms with Gasteiger partial charge in [0.15, 0.2) is 23.3 Å². The number of benzene rings is 1. The number of carbonyl (C=O) groups is 12. The van der Waals surface area contributed by atoms with Gasteiger partial charge in [0.2, 0.25) is 47.1 Å². The van der Waals surface area contributed by atoms with Crippen molar-refractivity contribution in [3.63, 3.8) is 0 Å². The summed E-state index contributed by atoms with van der Waals surface area (Å²) in [6, 6.07) is 14.7. The number of hydrogen-bond acceptors (Lipinski definition) is 26. The Morgan fingerprint density at radius 2 is 0.849 bits per heavy atom. The summed E-state index contributed by atoms with van der Waals surface area (Å²) in [6.07, 6.45) is 16.0. The average Bonchev–Trinajstić information content (AvgIpc) is 1.38. The number of furan rings is 1. The first-order chi connectivity index (χ1) is 60.7. The van der Waals surface area contributed by atoms with Gasteiger partial charge < -0.3 is 129 Å². The SMILES string of the molecule is Cn1cc(NC(=O)c2nc(NC(=O)CCNC(=O)c3cc(NC(=O)c4nccn4C)cn3C)cn2C)cc1C(=O)NCCCC(=O)Nc1cn(C)c(C(=O)NCCC(=O)Nc2cc(C(=O)Nc3cn(C)c(C(=O)NCCC(=O)NCCOCCOCCOCCOCCOCCNC(=O)c4ccc(-c5cnc(NCc6ccco6)n(C=N)c5=N)cc4)n3)n(C)c2)n1. The summed E-state index contributed by atoms with van der Waals surface area (Å²) in [4.78, 5) is 177. The van der Waals surface area contributed by atoms with Crippen LogP contribution in [0, 0.1) is 10.8 Å². The quantitative estimate of drug-likeness (QED) is 0.0147. The summed E-state index contributed by atoms with van der Waals surface area (Å²) in [5.74, 6) is -4.69. The Bertz CT molecular complexity index is 5570. The zero-order valence-corrected chi connectivity index (χ0v) is 70.3. The number of nitrogens with zero attached hydrogens (tertiary/aromatic N) is 13. The van der Waals surface area contributed by atoms with Crippen LogP contribution in [-0.2, 0) is 98.7 Å². The van der Waals surface area contributed by atoms with E-state index in [4.69, 9.17) is 38.9 Å². The molecule has 46 nitrogen and oxygen atoms in total. The summed E-state index contributed by atoms with van der Waals surface area (Å²) in [7, 11) is 11.2. The van der Waals surface area contributed by atoms with Crippen LogP contribution in [0.2, 0.25) is 0 Å². The number of rotatable bonds is 50. The van der Waals surface area contributed by atoms with Gasteiger partial charge in [0.1, 0.15) is 28.3 Å². The van der Waals surface area contributed by atoms with Gasteiger partial charge in [-0.1, -0.05) is 12.1 Å². The van der Waals surface area contributed by atoms with Gasteiger partial charge in [-0.25, -0.2) is 24.9 Å². The monoisotopic (exact) mass is 1740 g/mol. The molecule has 0 radical (unpaired) electrons. The second-order valence-electron chi connectivity index (χ2n) is 28.1. The highest BCUT2D eigenvalue weighted by atomic mass is 16.6. The van der Waals surface area contributed by atoms with Crippen molar-refractivity contribution in [3.05, 3.63) is 174 Å². The fraction of sp³-hybridized carbons (Fsp3) is 0.362. The van der Waals surface area contributed by atoms with E-state index in [0.29, 0.717) is 93.5 Å². The summed E-state index contributed by atoms with van der Waals surface area (Å²) in [5.41, 5.74) is 3.11. The second kappa shape index (κ2) is 46.3. The molecule has 126 heavy (non-hydrogen) atoms. The van der Waals surface area contributed by atoms with E-state index in [0.717, 1.165) is 6.34 Å². The third-order valence-electron chi connectivity index (χ3n) is 18.5. The molecule has 0 aliphatic carbocycles. The second-order valence-corrected chi connectivity index (χ2v) is 28.1. The number of carbonyl (C=O) groups excluding carboxylic acids is 12. The van der Waals surface area contributed by atoms with Gasteiger partial charge in [-0.3, -0.25) is 72.9 Å². The first kappa shape index (κ1) is 93.2. The molecule has 0 unspecified atom stereocenters.